The van der Waals surface area contributed by atoms with E-state index in [4.69, 9.17) is 11.6 Å². The van der Waals surface area contributed by atoms with Gasteiger partial charge in [-0.05, 0) is 27.2 Å². The summed E-state index contributed by atoms with van der Waals surface area (Å²) in [6.45, 7) is 8.12. The highest BCUT2D eigenvalue weighted by Gasteiger charge is 2.33. The summed E-state index contributed by atoms with van der Waals surface area (Å²) in [6.07, 6.45) is 0.971. The van der Waals surface area contributed by atoms with Gasteiger partial charge in [0.15, 0.2) is 0 Å². The van der Waals surface area contributed by atoms with Crippen molar-refractivity contribution in [3.05, 3.63) is 16.4 Å². The molecule has 1 aromatic rings. The first-order valence-electron chi connectivity index (χ1n) is 5.81. The first kappa shape index (κ1) is 14.0. The maximum atomic E-state index is 11.3. The van der Waals surface area contributed by atoms with Gasteiger partial charge in [0.05, 0.1) is 21.8 Å². The SMILES string of the molecule is CCn1nc(C)c(Cl)c1CC(C)(CC)C(=O)O. The second-order valence-corrected chi connectivity index (χ2v) is 4.94. The molecule has 1 rings (SSSR count). The highest BCUT2D eigenvalue weighted by molar-refractivity contribution is 6.31. The Kier molecular flexibility index (Phi) is 4.20. The summed E-state index contributed by atoms with van der Waals surface area (Å²) in [5, 5.41) is 14.2. The Hall–Kier alpha value is -1.03. The predicted molar refractivity (Wildman–Crippen MR) is 67.4 cm³/mol. The fourth-order valence-electron chi connectivity index (χ4n) is 1.76. The second-order valence-electron chi connectivity index (χ2n) is 4.56. The standard InChI is InChI=1S/C12H19ClN2O2/c1-5-12(4,11(16)17)7-9-10(13)8(3)14-15(9)6-2/h5-7H2,1-4H3,(H,16,17). The number of halogens is 1. The van der Waals surface area contributed by atoms with Gasteiger partial charge in [0, 0.05) is 13.0 Å². The van der Waals surface area contributed by atoms with E-state index in [0.29, 0.717) is 24.4 Å². The summed E-state index contributed by atoms with van der Waals surface area (Å²) in [4.78, 5) is 11.3. The van der Waals surface area contributed by atoms with E-state index in [1.54, 1.807) is 11.6 Å². The maximum absolute atomic E-state index is 11.3. The van der Waals surface area contributed by atoms with E-state index in [-0.39, 0.29) is 0 Å². The third-order valence-electron chi connectivity index (χ3n) is 3.31. The minimum Gasteiger partial charge on any atom is -0.481 e. The minimum absolute atomic E-state index is 0.409. The fourth-order valence-corrected chi connectivity index (χ4v) is 1.96. The van der Waals surface area contributed by atoms with Crippen molar-refractivity contribution in [2.75, 3.05) is 0 Å². The molecule has 17 heavy (non-hydrogen) atoms. The molecule has 1 heterocycles. The number of aryl methyl sites for hydroxylation is 2. The Morgan fingerprint density at radius 2 is 2.12 bits per heavy atom. The summed E-state index contributed by atoms with van der Waals surface area (Å²) in [6, 6.07) is 0. The number of carboxylic acids is 1. The largest absolute Gasteiger partial charge is 0.481 e. The molecule has 0 aliphatic heterocycles. The molecule has 0 aromatic carbocycles. The van der Waals surface area contributed by atoms with Gasteiger partial charge in [-0.3, -0.25) is 9.48 Å². The highest BCUT2D eigenvalue weighted by Crippen LogP contribution is 2.31. The van der Waals surface area contributed by atoms with E-state index >= 15 is 0 Å². The van der Waals surface area contributed by atoms with Crippen LogP contribution in [0, 0.1) is 12.3 Å². The molecule has 0 fully saturated rings. The van der Waals surface area contributed by atoms with Crippen molar-refractivity contribution in [3.63, 3.8) is 0 Å². The quantitative estimate of drug-likeness (QED) is 0.884. The molecule has 0 saturated heterocycles. The third kappa shape index (κ3) is 2.63. The molecule has 0 bridgehead atoms. The fraction of sp³-hybridized carbons (Fsp3) is 0.667. The van der Waals surface area contributed by atoms with Gasteiger partial charge in [0.2, 0.25) is 0 Å². The van der Waals surface area contributed by atoms with Gasteiger partial charge in [-0.25, -0.2) is 0 Å². The van der Waals surface area contributed by atoms with Gasteiger partial charge in [0.25, 0.3) is 0 Å². The van der Waals surface area contributed by atoms with Crippen molar-refractivity contribution in [1.82, 2.24) is 9.78 Å². The van der Waals surface area contributed by atoms with Crippen molar-refractivity contribution in [1.29, 1.82) is 0 Å². The molecule has 1 N–H and O–H groups in total. The smallest absolute Gasteiger partial charge is 0.309 e. The highest BCUT2D eigenvalue weighted by atomic mass is 35.5. The number of aromatic nitrogens is 2. The average Bonchev–Trinajstić information content (AvgIpc) is 2.56. The van der Waals surface area contributed by atoms with E-state index in [0.717, 1.165) is 11.4 Å². The number of nitrogens with zero attached hydrogens (tertiary/aromatic N) is 2. The molecule has 96 valence electrons. The van der Waals surface area contributed by atoms with Crippen LogP contribution >= 0.6 is 11.6 Å². The molecule has 1 atom stereocenters. The van der Waals surface area contributed by atoms with Crippen molar-refractivity contribution in [2.45, 2.75) is 47.1 Å². The molecular weight excluding hydrogens is 240 g/mol. The number of aliphatic carboxylic acids is 1. The Morgan fingerprint density at radius 1 is 1.53 bits per heavy atom. The Bertz CT molecular complexity index is 428. The van der Waals surface area contributed by atoms with Crippen LogP contribution in [0.2, 0.25) is 5.02 Å². The average molecular weight is 259 g/mol. The van der Waals surface area contributed by atoms with E-state index in [9.17, 15) is 9.90 Å². The normalized spacial score (nSPS) is 14.6. The first-order valence-corrected chi connectivity index (χ1v) is 6.18. The molecule has 0 aliphatic carbocycles. The van der Waals surface area contributed by atoms with Gasteiger partial charge in [0.1, 0.15) is 0 Å². The van der Waals surface area contributed by atoms with Crippen LogP contribution < -0.4 is 0 Å². The molecular formula is C12H19ClN2O2. The molecule has 4 nitrogen and oxygen atoms in total. The lowest BCUT2D eigenvalue weighted by Crippen LogP contribution is -2.30. The molecule has 1 unspecified atom stereocenters. The van der Waals surface area contributed by atoms with Crippen LogP contribution in [0.4, 0.5) is 0 Å². The van der Waals surface area contributed by atoms with Crippen LogP contribution in [0.1, 0.15) is 38.6 Å². The molecule has 0 aliphatic rings. The molecule has 0 spiro atoms. The number of hydrogen-bond acceptors (Lipinski definition) is 2. The van der Waals surface area contributed by atoms with Gasteiger partial charge < -0.3 is 5.11 Å². The zero-order chi connectivity index (χ0) is 13.2. The Labute approximate surface area is 107 Å². The second kappa shape index (κ2) is 5.08. The lowest BCUT2D eigenvalue weighted by molar-refractivity contribution is -0.148. The monoisotopic (exact) mass is 258 g/mol. The molecule has 0 saturated carbocycles. The summed E-state index contributed by atoms with van der Waals surface area (Å²) in [7, 11) is 0. The van der Waals surface area contributed by atoms with Gasteiger partial charge in [-0.2, -0.15) is 5.10 Å². The van der Waals surface area contributed by atoms with Gasteiger partial charge in [-0.15, -0.1) is 0 Å². The molecule has 5 heteroatoms. The third-order valence-corrected chi connectivity index (χ3v) is 3.80. The number of hydrogen-bond donors (Lipinski definition) is 1. The van der Waals surface area contributed by atoms with E-state index in [1.165, 1.54) is 0 Å². The van der Waals surface area contributed by atoms with E-state index in [1.807, 2.05) is 20.8 Å². The van der Waals surface area contributed by atoms with Crippen molar-refractivity contribution in [2.24, 2.45) is 5.41 Å². The summed E-state index contributed by atoms with van der Waals surface area (Å²) in [5.74, 6) is -0.794. The van der Waals surface area contributed by atoms with E-state index < -0.39 is 11.4 Å². The molecule has 1 aromatic heterocycles. The van der Waals surface area contributed by atoms with Crippen molar-refractivity contribution >= 4 is 17.6 Å². The first-order chi connectivity index (χ1) is 7.85. The van der Waals surface area contributed by atoms with Crippen LogP contribution in [0.25, 0.3) is 0 Å². The Balaban J connectivity index is 3.13. The maximum Gasteiger partial charge on any atom is 0.309 e. The molecule has 0 amide bonds. The molecule has 0 radical (unpaired) electrons. The van der Waals surface area contributed by atoms with E-state index in [2.05, 4.69) is 5.10 Å². The predicted octanol–water partition coefficient (Wildman–Crippen LogP) is 2.91. The van der Waals surface area contributed by atoms with Crippen LogP contribution in [-0.4, -0.2) is 20.9 Å². The Morgan fingerprint density at radius 3 is 2.53 bits per heavy atom. The zero-order valence-electron chi connectivity index (χ0n) is 10.7. The summed E-state index contributed by atoms with van der Waals surface area (Å²) in [5.41, 5.74) is 0.786. The van der Waals surface area contributed by atoms with Crippen LogP contribution in [0.5, 0.6) is 0 Å². The van der Waals surface area contributed by atoms with Crippen LogP contribution in [0.3, 0.4) is 0 Å². The van der Waals surface area contributed by atoms with Crippen LogP contribution in [-0.2, 0) is 17.8 Å². The zero-order valence-corrected chi connectivity index (χ0v) is 11.5. The number of carboxylic acid groups (broad SMARTS) is 1. The van der Waals surface area contributed by atoms with Gasteiger partial charge in [-0.1, -0.05) is 18.5 Å². The topological polar surface area (TPSA) is 55.1 Å². The number of rotatable bonds is 5. The number of carbonyl (C=O) groups is 1. The van der Waals surface area contributed by atoms with Crippen molar-refractivity contribution < 1.29 is 9.90 Å². The van der Waals surface area contributed by atoms with Crippen LogP contribution in [0.15, 0.2) is 0 Å². The lowest BCUT2D eigenvalue weighted by Gasteiger charge is -2.23. The van der Waals surface area contributed by atoms with Gasteiger partial charge >= 0.3 is 5.97 Å². The lowest BCUT2D eigenvalue weighted by atomic mass is 9.83. The van der Waals surface area contributed by atoms with Crippen molar-refractivity contribution in [3.8, 4) is 0 Å². The minimum atomic E-state index is -0.794. The summed E-state index contributed by atoms with van der Waals surface area (Å²) >= 11 is 6.18. The summed E-state index contributed by atoms with van der Waals surface area (Å²) < 4.78 is 1.79.